The summed E-state index contributed by atoms with van der Waals surface area (Å²) in [6.07, 6.45) is -2.79. The van der Waals surface area contributed by atoms with E-state index in [1.54, 1.807) is 0 Å². The highest BCUT2D eigenvalue weighted by Crippen LogP contribution is 2.46. The van der Waals surface area contributed by atoms with Crippen molar-refractivity contribution in [2.45, 2.75) is 25.1 Å². The number of nitrogens with one attached hydrogen (secondary N) is 1. The fraction of sp³-hybridized carbons (Fsp3) is 0.500. The average Bonchev–Trinajstić information content (AvgIpc) is 2.81. The van der Waals surface area contributed by atoms with Crippen LogP contribution >= 0.6 is 0 Å². The van der Waals surface area contributed by atoms with Crippen molar-refractivity contribution in [1.29, 1.82) is 0 Å². The van der Waals surface area contributed by atoms with Crippen molar-refractivity contribution in [2.75, 3.05) is 11.4 Å². The Labute approximate surface area is 130 Å². The van der Waals surface area contributed by atoms with E-state index in [9.17, 15) is 22.8 Å². The molecule has 1 aromatic carbocycles. The molecule has 0 radical (unpaired) electrons. The third-order valence-corrected chi connectivity index (χ3v) is 5.26. The monoisotopic (exact) mass is 324 g/mol. The normalized spacial score (nSPS) is 33.3. The van der Waals surface area contributed by atoms with E-state index in [4.69, 9.17) is 0 Å². The van der Waals surface area contributed by atoms with Gasteiger partial charge in [0.15, 0.2) is 0 Å². The van der Waals surface area contributed by atoms with Gasteiger partial charge in [-0.15, -0.1) is 0 Å². The molecule has 7 heteroatoms. The molecule has 4 aliphatic rings. The molecule has 0 spiro atoms. The lowest BCUT2D eigenvalue weighted by Crippen LogP contribution is -2.56. The number of fused-ring (bicyclic) bond motifs is 2. The van der Waals surface area contributed by atoms with Gasteiger partial charge in [0.1, 0.15) is 0 Å². The van der Waals surface area contributed by atoms with Crippen molar-refractivity contribution in [3.05, 3.63) is 29.8 Å². The van der Waals surface area contributed by atoms with Gasteiger partial charge in [0, 0.05) is 6.04 Å². The van der Waals surface area contributed by atoms with Gasteiger partial charge in [-0.2, -0.15) is 13.2 Å². The first-order valence-electron chi connectivity index (χ1n) is 7.66. The van der Waals surface area contributed by atoms with Gasteiger partial charge >= 0.3 is 6.18 Å². The molecule has 5 rings (SSSR count). The van der Waals surface area contributed by atoms with Crippen molar-refractivity contribution in [2.24, 2.45) is 17.8 Å². The average molecular weight is 324 g/mol. The topological polar surface area (TPSA) is 49.4 Å². The molecular weight excluding hydrogens is 309 g/mol. The minimum Gasteiger partial charge on any atom is -0.313 e. The lowest BCUT2D eigenvalue weighted by Gasteiger charge is -2.43. The van der Waals surface area contributed by atoms with Crippen LogP contribution in [0.4, 0.5) is 18.9 Å². The quantitative estimate of drug-likeness (QED) is 0.806. The van der Waals surface area contributed by atoms with Crippen LogP contribution in [0, 0.1) is 17.8 Å². The minimum atomic E-state index is -4.50. The first-order valence-corrected chi connectivity index (χ1v) is 7.66. The van der Waals surface area contributed by atoms with Crippen LogP contribution in [0.15, 0.2) is 24.3 Å². The summed E-state index contributed by atoms with van der Waals surface area (Å²) in [4.78, 5) is 26.3. The second-order valence-electron chi connectivity index (χ2n) is 6.46. The number of alkyl halides is 3. The second-order valence-corrected chi connectivity index (χ2v) is 6.46. The smallest absolute Gasteiger partial charge is 0.313 e. The number of halogens is 3. The molecule has 3 heterocycles. The summed E-state index contributed by atoms with van der Waals surface area (Å²) in [7, 11) is 0. The minimum absolute atomic E-state index is 0.0172. The number of piperidine rings is 2. The SMILES string of the molecule is O=C1[C@H]2[C@H]3CC[C@H](NC3)[C@H]2C(=O)N1c1cccc(C(F)(F)F)c1. The van der Waals surface area contributed by atoms with Crippen LogP contribution < -0.4 is 10.2 Å². The predicted molar refractivity (Wildman–Crippen MR) is 75.4 cm³/mol. The number of amides is 2. The number of hydrogen-bond acceptors (Lipinski definition) is 3. The summed E-state index contributed by atoms with van der Waals surface area (Å²) >= 11 is 0. The van der Waals surface area contributed by atoms with E-state index in [0.29, 0.717) is 6.54 Å². The van der Waals surface area contributed by atoms with Gasteiger partial charge in [-0.3, -0.25) is 9.59 Å². The molecule has 23 heavy (non-hydrogen) atoms. The van der Waals surface area contributed by atoms with Crippen LogP contribution in [0.25, 0.3) is 0 Å². The molecule has 4 fully saturated rings. The zero-order valence-electron chi connectivity index (χ0n) is 12.1. The van der Waals surface area contributed by atoms with Crippen LogP contribution in [0.3, 0.4) is 0 Å². The van der Waals surface area contributed by atoms with Gasteiger partial charge in [-0.25, -0.2) is 4.90 Å². The first kappa shape index (κ1) is 14.7. The largest absolute Gasteiger partial charge is 0.416 e. The Morgan fingerprint density at radius 1 is 1.09 bits per heavy atom. The number of imide groups is 1. The van der Waals surface area contributed by atoms with E-state index in [-0.39, 0.29) is 29.5 Å². The van der Waals surface area contributed by atoms with Crippen LogP contribution in [-0.2, 0) is 15.8 Å². The van der Waals surface area contributed by atoms with Gasteiger partial charge in [0.05, 0.1) is 23.1 Å². The maximum atomic E-state index is 12.9. The fourth-order valence-corrected chi connectivity index (χ4v) is 4.22. The van der Waals surface area contributed by atoms with E-state index >= 15 is 0 Å². The molecule has 0 aromatic heterocycles. The maximum Gasteiger partial charge on any atom is 0.416 e. The van der Waals surface area contributed by atoms with Crippen molar-refractivity contribution >= 4 is 17.5 Å². The number of carbonyl (C=O) groups excluding carboxylic acids is 2. The highest BCUT2D eigenvalue weighted by atomic mass is 19.4. The molecule has 2 amide bonds. The van der Waals surface area contributed by atoms with Gasteiger partial charge in [0.2, 0.25) is 11.8 Å². The molecular formula is C16H15F3N2O2. The van der Waals surface area contributed by atoms with E-state index in [2.05, 4.69) is 5.32 Å². The molecule has 122 valence electrons. The Kier molecular flexibility index (Phi) is 3.07. The van der Waals surface area contributed by atoms with Crippen LogP contribution in [0.5, 0.6) is 0 Å². The van der Waals surface area contributed by atoms with E-state index < -0.39 is 23.6 Å². The molecule has 1 aliphatic carbocycles. The predicted octanol–water partition coefficient (Wildman–Crippen LogP) is 2.19. The fourth-order valence-electron chi connectivity index (χ4n) is 4.22. The van der Waals surface area contributed by atoms with Gasteiger partial charge in [0.25, 0.3) is 0 Å². The molecule has 1 saturated carbocycles. The van der Waals surface area contributed by atoms with Crippen molar-refractivity contribution < 1.29 is 22.8 Å². The summed E-state index contributed by atoms with van der Waals surface area (Å²) in [5.74, 6) is -1.46. The summed E-state index contributed by atoms with van der Waals surface area (Å²) in [5, 5.41) is 3.27. The zero-order chi connectivity index (χ0) is 16.4. The van der Waals surface area contributed by atoms with Crippen LogP contribution in [0.2, 0.25) is 0 Å². The summed E-state index contributed by atoms with van der Waals surface area (Å²) in [5.41, 5.74) is -0.838. The number of rotatable bonds is 1. The Morgan fingerprint density at radius 2 is 1.83 bits per heavy atom. The highest BCUT2D eigenvalue weighted by molar-refractivity contribution is 6.22. The number of nitrogens with zero attached hydrogens (tertiary/aromatic N) is 1. The Hall–Kier alpha value is -1.89. The molecule has 4 atom stereocenters. The van der Waals surface area contributed by atoms with Gasteiger partial charge in [-0.1, -0.05) is 6.07 Å². The lowest BCUT2D eigenvalue weighted by atomic mass is 9.67. The Morgan fingerprint density at radius 3 is 2.43 bits per heavy atom. The number of hydrogen-bond donors (Lipinski definition) is 1. The second kappa shape index (κ2) is 4.80. The molecule has 4 nitrogen and oxygen atoms in total. The molecule has 2 bridgehead atoms. The van der Waals surface area contributed by atoms with E-state index in [1.165, 1.54) is 12.1 Å². The lowest BCUT2D eigenvalue weighted by molar-refractivity contribution is -0.137. The number of anilines is 1. The maximum absolute atomic E-state index is 12.9. The van der Waals surface area contributed by atoms with Crippen molar-refractivity contribution in [3.8, 4) is 0 Å². The molecule has 1 N–H and O–H groups in total. The highest BCUT2D eigenvalue weighted by Gasteiger charge is 2.58. The number of benzene rings is 1. The summed E-state index contributed by atoms with van der Waals surface area (Å²) in [6, 6.07) is 4.39. The van der Waals surface area contributed by atoms with Gasteiger partial charge in [-0.05, 0) is 43.5 Å². The standard InChI is InChI=1S/C16H15F3N2O2/c17-16(18,19)9-2-1-3-10(6-9)21-14(22)12-8-4-5-11(20-7-8)13(12)15(21)23/h1-3,6,8,11-13,20H,4-5,7H2/t8-,11-,12-,13+/m0/s1. The van der Waals surface area contributed by atoms with Crippen molar-refractivity contribution in [1.82, 2.24) is 5.32 Å². The Bertz CT molecular complexity index is 650. The molecule has 3 aliphatic heterocycles. The summed E-state index contributed by atoms with van der Waals surface area (Å²) in [6.45, 7) is 0.696. The molecule has 1 aromatic rings. The third-order valence-electron chi connectivity index (χ3n) is 5.26. The van der Waals surface area contributed by atoms with E-state index in [0.717, 1.165) is 29.9 Å². The number of carbonyl (C=O) groups is 2. The van der Waals surface area contributed by atoms with Crippen LogP contribution in [0.1, 0.15) is 18.4 Å². The zero-order valence-corrected chi connectivity index (χ0v) is 12.1. The molecule has 3 saturated heterocycles. The van der Waals surface area contributed by atoms with Crippen molar-refractivity contribution in [3.63, 3.8) is 0 Å². The summed E-state index contributed by atoms with van der Waals surface area (Å²) < 4.78 is 38.6. The third kappa shape index (κ3) is 2.09. The van der Waals surface area contributed by atoms with Crippen LogP contribution in [-0.4, -0.2) is 24.4 Å². The van der Waals surface area contributed by atoms with E-state index in [1.807, 2.05) is 0 Å². The first-order chi connectivity index (χ1) is 10.9. The molecule has 0 unspecified atom stereocenters. The Balaban J connectivity index is 1.73. The van der Waals surface area contributed by atoms with Gasteiger partial charge < -0.3 is 5.32 Å².